The van der Waals surface area contributed by atoms with Crippen LogP contribution in [0.15, 0.2) is 22.6 Å². The van der Waals surface area contributed by atoms with E-state index in [1.54, 1.807) is 0 Å². The molecule has 0 bridgehead atoms. The van der Waals surface area contributed by atoms with Gasteiger partial charge in [0.05, 0.1) is 10.4 Å². The molecule has 1 aromatic carbocycles. The molecular formula is C15H16ClN5O. The molecule has 0 saturated carbocycles. The van der Waals surface area contributed by atoms with Crippen molar-refractivity contribution in [2.24, 2.45) is 5.73 Å². The van der Waals surface area contributed by atoms with E-state index in [2.05, 4.69) is 14.9 Å². The van der Waals surface area contributed by atoms with Gasteiger partial charge in [0.1, 0.15) is 11.1 Å². The van der Waals surface area contributed by atoms with Crippen LogP contribution in [0.4, 0.5) is 11.8 Å². The third-order valence-corrected chi connectivity index (χ3v) is 4.36. The van der Waals surface area contributed by atoms with E-state index >= 15 is 0 Å². The molecule has 0 amide bonds. The first-order valence-corrected chi connectivity index (χ1v) is 7.66. The Labute approximate surface area is 132 Å². The SMILES string of the molecule is Nc1nc(N2CCC[C@H](N)C2)c2oc3cccc(Cl)c3c2n1. The monoisotopic (exact) mass is 317 g/mol. The zero-order chi connectivity index (χ0) is 15.3. The van der Waals surface area contributed by atoms with Gasteiger partial charge in [-0.05, 0) is 25.0 Å². The first-order valence-electron chi connectivity index (χ1n) is 7.28. The topological polar surface area (TPSA) is 94.2 Å². The minimum absolute atomic E-state index is 0.132. The summed E-state index contributed by atoms with van der Waals surface area (Å²) in [6, 6.07) is 5.66. The Balaban J connectivity index is 1.98. The van der Waals surface area contributed by atoms with Gasteiger partial charge in [-0.15, -0.1) is 0 Å². The fourth-order valence-electron chi connectivity index (χ4n) is 3.06. The highest BCUT2D eigenvalue weighted by Gasteiger charge is 2.24. The fraction of sp³-hybridized carbons (Fsp3) is 0.333. The lowest BCUT2D eigenvalue weighted by Crippen LogP contribution is -2.43. The summed E-state index contributed by atoms with van der Waals surface area (Å²) in [5.41, 5.74) is 13.9. The van der Waals surface area contributed by atoms with Gasteiger partial charge in [0.2, 0.25) is 5.95 Å². The lowest BCUT2D eigenvalue weighted by Gasteiger charge is -2.31. The summed E-state index contributed by atoms with van der Waals surface area (Å²) in [5, 5.41) is 1.37. The average molecular weight is 318 g/mol. The number of halogens is 1. The van der Waals surface area contributed by atoms with Crippen molar-refractivity contribution in [2.45, 2.75) is 18.9 Å². The predicted octanol–water partition coefficient (Wildman–Crippen LogP) is 2.54. The van der Waals surface area contributed by atoms with Crippen molar-refractivity contribution in [1.29, 1.82) is 0 Å². The van der Waals surface area contributed by atoms with E-state index in [4.69, 9.17) is 27.5 Å². The largest absolute Gasteiger partial charge is 0.450 e. The smallest absolute Gasteiger partial charge is 0.222 e. The van der Waals surface area contributed by atoms with Gasteiger partial charge in [0.25, 0.3) is 0 Å². The Morgan fingerprint density at radius 1 is 1.32 bits per heavy atom. The molecule has 7 heteroatoms. The number of fused-ring (bicyclic) bond motifs is 3. The molecule has 1 fully saturated rings. The molecule has 3 aromatic rings. The van der Waals surface area contributed by atoms with Crippen LogP contribution in [0.5, 0.6) is 0 Å². The zero-order valence-corrected chi connectivity index (χ0v) is 12.7. The number of hydrogen-bond acceptors (Lipinski definition) is 6. The van der Waals surface area contributed by atoms with Crippen molar-refractivity contribution >= 4 is 45.4 Å². The second-order valence-corrected chi connectivity index (χ2v) is 6.05. The lowest BCUT2D eigenvalue weighted by molar-refractivity contribution is 0.502. The Bertz CT molecular complexity index is 862. The number of benzene rings is 1. The Hall–Kier alpha value is -2.05. The van der Waals surface area contributed by atoms with E-state index in [9.17, 15) is 0 Å². The normalized spacial score (nSPS) is 19.2. The Kier molecular flexibility index (Phi) is 3.09. The molecule has 1 aliphatic rings. The van der Waals surface area contributed by atoms with Gasteiger partial charge in [-0.3, -0.25) is 0 Å². The quantitative estimate of drug-likeness (QED) is 0.716. The summed E-state index contributed by atoms with van der Waals surface area (Å²) in [7, 11) is 0. The fourth-order valence-corrected chi connectivity index (χ4v) is 3.32. The van der Waals surface area contributed by atoms with E-state index in [0.717, 1.165) is 31.3 Å². The van der Waals surface area contributed by atoms with Gasteiger partial charge in [-0.1, -0.05) is 17.7 Å². The molecule has 0 unspecified atom stereocenters. The molecule has 1 aliphatic heterocycles. The van der Waals surface area contributed by atoms with Crippen molar-refractivity contribution in [1.82, 2.24) is 9.97 Å². The maximum absolute atomic E-state index is 6.30. The van der Waals surface area contributed by atoms with Crippen LogP contribution in [0.25, 0.3) is 22.1 Å². The number of anilines is 2. The third kappa shape index (κ3) is 2.07. The maximum Gasteiger partial charge on any atom is 0.222 e. The van der Waals surface area contributed by atoms with Crippen LogP contribution >= 0.6 is 11.6 Å². The molecule has 114 valence electrons. The Morgan fingerprint density at radius 2 is 2.18 bits per heavy atom. The summed E-state index contributed by atoms with van der Waals surface area (Å²) in [5.74, 6) is 0.911. The summed E-state index contributed by atoms with van der Waals surface area (Å²) in [4.78, 5) is 10.8. The molecule has 1 atom stereocenters. The second-order valence-electron chi connectivity index (χ2n) is 5.65. The van der Waals surface area contributed by atoms with Gasteiger partial charge in [-0.2, -0.15) is 4.98 Å². The highest BCUT2D eigenvalue weighted by Crippen LogP contribution is 2.37. The summed E-state index contributed by atoms with van der Waals surface area (Å²) in [6.07, 6.45) is 2.04. The van der Waals surface area contributed by atoms with Gasteiger partial charge in [0.15, 0.2) is 11.4 Å². The molecule has 1 saturated heterocycles. The molecule has 4 N–H and O–H groups in total. The number of nitrogen functional groups attached to an aromatic ring is 1. The number of rotatable bonds is 1. The van der Waals surface area contributed by atoms with Crippen LogP contribution in [-0.2, 0) is 0 Å². The lowest BCUT2D eigenvalue weighted by atomic mass is 10.1. The average Bonchev–Trinajstić information content (AvgIpc) is 2.86. The molecular weight excluding hydrogens is 302 g/mol. The van der Waals surface area contributed by atoms with Crippen LogP contribution in [0.2, 0.25) is 5.02 Å². The zero-order valence-electron chi connectivity index (χ0n) is 11.9. The van der Waals surface area contributed by atoms with Crippen LogP contribution in [0.1, 0.15) is 12.8 Å². The van der Waals surface area contributed by atoms with E-state index < -0.39 is 0 Å². The second kappa shape index (κ2) is 5.00. The van der Waals surface area contributed by atoms with Crippen molar-refractivity contribution in [3.05, 3.63) is 23.2 Å². The molecule has 4 rings (SSSR count). The number of furan rings is 1. The van der Waals surface area contributed by atoms with Crippen LogP contribution < -0.4 is 16.4 Å². The number of nitrogens with zero attached hydrogens (tertiary/aromatic N) is 3. The molecule has 0 radical (unpaired) electrons. The molecule has 22 heavy (non-hydrogen) atoms. The number of hydrogen-bond donors (Lipinski definition) is 2. The van der Waals surface area contributed by atoms with Crippen LogP contribution in [0.3, 0.4) is 0 Å². The summed E-state index contributed by atoms with van der Waals surface area (Å²) in [6.45, 7) is 1.61. The van der Waals surface area contributed by atoms with Crippen molar-refractivity contribution < 1.29 is 4.42 Å². The third-order valence-electron chi connectivity index (χ3n) is 4.05. The summed E-state index contributed by atoms with van der Waals surface area (Å²) < 4.78 is 5.96. The van der Waals surface area contributed by atoms with Crippen LogP contribution in [0, 0.1) is 0 Å². The molecule has 3 heterocycles. The van der Waals surface area contributed by atoms with E-state index in [-0.39, 0.29) is 12.0 Å². The van der Waals surface area contributed by atoms with Gasteiger partial charge in [-0.25, -0.2) is 4.98 Å². The van der Waals surface area contributed by atoms with E-state index in [1.165, 1.54) is 0 Å². The van der Waals surface area contributed by atoms with Crippen molar-refractivity contribution in [3.8, 4) is 0 Å². The van der Waals surface area contributed by atoms with E-state index in [1.807, 2.05) is 18.2 Å². The van der Waals surface area contributed by atoms with E-state index in [0.29, 0.717) is 27.5 Å². The Morgan fingerprint density at radius 3 is 3.00 bits per heavy atom. The van der Waals surface area contributed by atoms with Crippen LogP contribution in [-0.4, -0.2) is 29.1 Å². The van der Waals surface area contributed by atoms with Gasteiger partial charge < -0.3 is 20.8 Å². The predicted molar refractivity (Wildman–Crippen MR) is 88.2 cm³/mol. The minimum atomic E-state index is 0.132. The first kappa shape index (κ1) is 13.6. The molecule has 0 aliphatic carbocycles. The highest BCUT2D eigenvalue weighted by atomic mass is 35.5. The first-order chi connectivity index (χ1) is 10.6. The molecule has 2 aromatic heterocycles. The number of piperidine rings is 1. The van der Waals surface area contributed by atoms with Crippen molar-refractivity contribution in [3.63, 3.8) is 0 Å². The number of nitrogens with two attached hydrogens (primary N) is 2. The molecule has 6 nitrogen and oxygen atoms in total. The minimum Gasteiger partial charge on any atom is -0.450 e. The molecule has 0 spiro atoms. The standard InChI is InChI=1S/C15H16ClN5O/c16-9-4-1-5-10-11(9)12-13(22-10)14(20-15(18)19-12)21-6-2-3-8(17)7-21/h1,4-5,8H,2-3,6-7,17H2,(H2,18,19,20)/t8-/m0/s1. The van der Waals surface area contributed by atoms with Gasteiger partial charge in [0, 0.05) is 19.1 Å². The van der Waals surface area contributed by atoms with Crippen molar-refractivity contribution in [2.75, 3.05) is 23.7 Å². The highest BCUT2D eigenvalue weighted by molar-refractivity contribution is 6.37. The summed E-state index contributed by atoms with van der Waals surface area (Å²) >= 11 is 6.30. The van der Waals surface area contributed by atoms with Gasteiger partial charge >= 0.3 is 0 Å². The number of aromatic nitrogens is 2. The maximum atomic E-state index is 6.30.